The average Bonchev–Trinajstić information content (AvgIpc) is 2.89. The number of hydrogen-bond donors (Lipinski definition) is 1. The first kappa shape index (κ1) is 14.1. The first-order valence-corrected chi connectivity index (χ1v) is 8.34. The fraction of sp³-hybridized carbons (Fsp3) is 0.125. The summed E-state index contributed by atoms with van der Waals surface area (Å²) in [4.78, 5) is 0. The number of rotatable bonds is 3. The number of halogens is 2. The molecule has 0 aliphatic rings. The summed E-state index contributed by atoms with van der Waals surface area (Å²) in [6.45, 7) is 0. The van der Waals surface area contributed by atoms with Crippen LogP contribution in [0.15, 0.2) is 51.6 Å². The van der Waals surface area contributed by atoms with Crippen LogP contribution in [0.3, 0.4) is 0 Å². The lowest BCUT2D eigenvalue weighted by atomic mass is 9.95. The minimum atomic E-state index is 0.166. The van der Waals surface area contributed by atoms with E-state index in [2.05, 4.69) is 57.0 Å². The Hall–Kier alpha value is -0.870. The van der Waals surface area contributed by atoms with Crippen molar-refractivity contribution in [3.05, 3.63) is 67.8 Å². The van der Waals surface area contributed by atoms with E-state index in [0.717, 1.165) is 14.2 Å². The summed E-state index contributed by atoms with van der Waals surface area (Å²) in [6, 6.07) is 14.7. The Balaban J connectivity index is 2.20. The maximum Gasteiger partial charge on any atom is 0.0701 e. The molecule has 3 aromatic rings. The lowest BCUT2D eigenvalue weighted by molar-refractivity contribution is 0.699. The highest BCUT2D eigenvalue weighted by Crippen LogP contribution is 2.35. The van der Waals surface area contributed by atoms with Crippen molar-refractivity contribution >= 4 is 49.6 Å². The van der Waals surface area contributed by atoms with Crippen LogP contribution in [0.1, 0.15) is 17.2 Å². The van der Waals surface area contributed by atoms with Gasteiger partial charge in [-0.1, -0.05) is 41.9 Å². The molecule has 2 aromatic carbocycles. The molecule has 0 bridgehead atoms. The zero-order chi connectivity index (χ0) is 14.1. The van der Waals surface area contributed by atoms with Gasteiger partial charge in [-0.3, -0.25) is 0 Å². The average molecular weight is 367 g/mol. The van der Waals surface area contributed by atoms with Crippen LogP contribution in [-0.2, 0) is 0 Å². The largest absolute Gasteiger partial charge is 0.309 e. The van der Waals surface area contributed by atoms with Gasteiger partial charge in [0.25, 0.3) is 0 Å². The number of nitrogens with one attached hydrogen (secondary N) is 1. The van der Waals surface area contributed by atoms with E-state index in [1.807, 2.05) is 19.2 Å². The predicted molar refractivity (Wildman–Crippen MR) is 91.9 cm³/mol. The predicted octanol–water partition coefficient (Wildman–Crippen LogP) is 5.63. The smallest absolute Gasteiger partial charge is 0.0701 e. The third-order valence-corrected chi connectivity index (χ3v) is 5.28. The molecule has 102 valence electrons. The molecule has 1 nitrogen and oxygen atoms in total. The van der Waals surface area contributed by atoms with Crippen molar-refractivity contribution in [2.24, 2.45) is 0 Å². The Morgan fingerprint density at radius 3 is 2.55 bits per heavy atom. The summed E-state index contributed by atoms with van der Waals surface area (Å²) in [5.41, 5.74) is 2.51. The molecule has 0 amide bonds. The molecule has 0 aliphatic carbocycles. The van der Waals surface area contributed by atoms with Gasteiger partial charge in [0.2, 0.25) is 0 Å². The normalized spacial score (nSPS) is 12.8. The molecule has 0 aliphatic heterocycles. The van der Waals surface area contributed by atoms with Gasteiger partial charge in [0.1, 0.15) is 0 Å². The lowest BCUT2D eigenvalue weighted by Gasteiger charge is -2.18. The van der Waals surface area contributed by atoms with Gasteiger partial charge in [0.05, 0.1) is 9.83 Å². The molecule has 1 unspecified atom stereocenters. The lowest BCUT2D eigenvalue weighted by Crippen LogP contribution is -2.17. The molecule has 4 heteroatoms. The second-order valence-corrected chi connectivity index (χ2v) is 7.29. The molecule has 0 saturated carbocycles. The molecule has 1 heterocycles. The maximum atomic E-state index is 6.30. The van der Waals surface area contributed by atoms with Crippen LogP contribution in [0.5, 0.6) is 0 Å². The monoisotopic (exact) mass is 365 g/mol. The van der Waals surface area contributed by atoms with Crippen molar-refractivity contribution in [2.75, 3.05) is 7.05 Å². The fourth-order valence-corrected chi connectivity index (χ4v) is 3.94. The van der Waals surface area contributed by atoms with Crippen molar-refractivity contribution in [3.63, 3.8) is 0 Å². The van der Waals surface area contributed by atoms with E-state index in [1.165, 1.54) is 16.5 Å². The van der Waals surface area contributed by atoms with E-state index in [0.29, 0.717) is 0 Å². The van der Waals surface area contributed by atoms with Crippen molar-refractivity contribution in [2.45, 2.75) is 6.04 Å². The van der Waals surface area contributed by atoms with Crippen molar-refractivity contribution < 1.29 is 0 Å². The van der Waals surface area contributed by atoms with Gasteiger partial charge in [-0.05, 0) is 57.0 Å². The highest BCUT2D eigenvalue weighted by Gasteiger charge is 2.16. The van der Waals surface area contributed by atoms with Crippen molar-refractivity contribution in [1.82, 2.24) is 5.32 Å². The van der Waals surface area contributed by atoms with Gasteiger partial charge in [-0.25, -0.2) is 0 Å². The van der Waals surface area contributed by atoms with Crippen LogP contribution in [0, 0.1) is 0 Å². The summed E-state index contributed by atoms with van der Waals surface area (Å²) in [6.07, 6.45) is 0. The summed E-state index contributed by atoms with van der Waals surface area (Å²) in [5.74, 6) is 0. The minimum absolute atomic E-state index is 0.166. The second-order valence-electron chi connectivity index (χ2n) is 4.59. The van der Waals surface area contributed by atoms with E-state index >= 15 is 0 Å². The zero-order valence-corrected chi connectivity index (χ0v) is 14.0. The van der Waals surface area contributed by atoms with Gasteiger partial charge in [0.15, 0.2) is 0 Å². The molecule has 20 heavy (non-hydrogen) atoms. The molecule has 0 spiro atoms. The SMILES string of the molecule is CNC(c1csc(Br)c1)c1ccc(Cl)c2ccccc12. The third-order valence-electron chi connectivity index (χ3n) is 3.43. The van der Waals surface area contributed by atoms with E-state index in [1.54, 1.807) is 11.3 Å². The number of benzene rings is 2. The summed E-state index contributed by atoms with van der Waals surface area (Å²) in [7, 11) is 1.99. The quantitative estimate of drug-likeness (QED) is 0.634. The molecule has 0 saturated heterocycles. The van der Waals surface area contributed by atoms with Gasteiger partial charge in [0, 0.05) is 10.4 Å². The van der Waals surface area contributed by atoms with Gasteiger partial charge in [-0.2, -0.15) is 0 Å². The topological polar surface area (TPSA) is 12.0 Å². The Labute approximate surface area is 135 Å². The Morgan fingerprint density at radius 1 is 1.15 bits per heavy atom. The van der Waals surface area contributed by atoms with E-state index in [9.17, 15) is 0 Å². The molecular formula is C16H13BrClNS. The van der Waals surface area contributed by atoms with Crippen molar-refractivity contribution in [3.8, 4) is 0 Å². The molecule has 0 radical (unpaired) electrons. The van der Waals surface area contributed by atoms with Crippen LogP contribution in [0.25, 0.3) is 10.8 Å². The van der Waals surface area contributed by atoms with E-state index < -0.39 is 0 Å². The van der Waals surface area contributed by atoms with Crippen LogP contribution >= 0.6 is 38.9 Å². The van der Waals surface area contributed by atoms with Gasteiger partial charge in [-0.15, -0.1) is 11.3 Å². The number of hydrogen-bond acceptors (Lipinski definition) is 2. The van der Waals surface area contributed by atoms with Crippen LogP contribution < -0.4 is 5.32 Å². The van der Waals surface area contributed by atoms with Gasteiger partial charge >= 0.3 is 0 Å². The number of thiophene rings is 1. The van der Waals surface area contributed by atoms with E-state index in [4.69, 9.17) is 11.6 Å². The minimum Gasteiger partial charge on any atom is -0.309 e. The fourth-order valence-electron chi connectivity index (χ4n) is 2.51. The first-order valence-electron chi connectivity index (χ1n) is 6.29. The number of fused-ring (bicyclic) bond motifs is 1. The molecule has 1 aromatic heterocycles. The molecular weight excluding hydrogens is 354 g/mol. The molecule has 0 fully saturated rings. The zero-order valence-electron chi connectivity index (χ0n) is 10.9. The third kappa shape index (κ3) is 2.51. The van der Waals surface area contributed by atoms with Crippen LogP contribution in [0.2, 0.25) is 5.02 Å². The van der Waals surface area contributed by atoms with Crippen molar-refractivity contribution in [1.29, 1.82) is 0 Å². The first-order chi connectivity index (χ1) is 9.70. The second kappa shape index (κ2) is 5.86. The maximum absolute atomic E-state index is 6.30. The highest BCUT2D eigenvalue weighted by molar-refractivity contribution is 9.11. The van der Waals surface area contributed by atoms with Crippen LogP contribution in [0.4, 0.5) is 0 Å². The van der Waals surface area contributed by atoms with E-state index in [-0.39, 0.29) is 6.04 Å². The standard InChI is InChI=1S/C16H13BrClNS/c1-19-16(10-8-15(17)20-9-10)13-6-7-14(18)12-5-3-2-4-11(12)13/h2-9,16,19H,1H3. The van der Waals surface area contributed by atoms with Crippen LogP contribution in [-0.4, -0.2) is 7.05 Å². The highest BCUT2D eigenvalue weighted by atomic mass is 79.9. The Morgan fingerprint density at radius 2 is 1.90 bits per heavy atom. The molecule has 3 rings (SSSR count). The summed E-state index contributed by atoms with van der Waals surface area (Å²) >= 11 is 11.5. The summed E-state index contributed by atoms with van der Waals surface area (Å²) < 4.78 is 1.14. The Kier molecular flexibility index (Phi) is 4.13. The van der Waals surface area contributed by atoms with Gasteiger partial charge < -0.3 is 5.32 Å². The Bertz CT molecular complexity index is 753. The molecule has 1 atom stereocenters. The molecule has 1 N–H and O–H groups in total. The summed E-state index contributed by atoms with van der Waals surface area (Å²) in [5, 5.41) is 8.67.